The van der Waals surface area contributed by atoms with E-state index < -0.39 is 0 Å². The van der Waals surface area contributed by atoms with Crippen LogP contribution >= 0.6 is 0 Å². The largest absolute Gasteiger partial charge is 0.353 e. The Hall–Kier alpha value is -2.61. The second-order valence-corrected chi connectivity index (χ2v) is 4.62. The van der Waals surface area contributed by atoms with Crippen molar-refractivity contribution in [1.29, 1.82) is 0 Å². The molecule has 2 nitrogen and oxygen atoms in total. The van der Waals surface area contributed by atoms with E-state index in [2.05, 4.69) is 46.4 Å². The molecule has 1 N–H and O–H groups in total. The van der Waals surface area contributed by atoms with E-state index >= 15 is 0 Å². The summed E-state index contributed by atoms with van der Waals surface area (Å²) in [5.74, 6) is 0. The lowest BCUT2D eigenvalue weighted by Crippen LogP contribution is -1.84. The quantitative estimate of drug-likeness (QED) is 0.431. The summed E-state index contributed by atoms with van der Waals surface area (Å²) >= 11 is 0. The van der Waals surface area contributed by atoms with Gasteiger partial charge in [0, 0.05) is 28.0 Å². The maximum Gasteiger partial charge on any atom is 0.0943 e. The first-order chi connectivity index (χ1) is 11.4. The van der Waals surface area contributed by atoms with Crippen molar-refractivity contribution in [2.45, 2.75) is 27.7 Å². The number of nitrogens with one attached hydrogen (secondary N) is 1. The van der Waals surface area contributed by atoms with Gasteiger partial charge in [-0.3, -0.25) is 4.98 Å². The molecule has 2 heterocycles. The van der Waals surface area contributed by atoms with Crippen LogP contribution in [0, 0.1) is 0 Å². The lowest BCUT2D eigenvalue weighted by molar-refractivity contribution is 1.34. The fourth-order valence-corrected chi connectivity index (χ4v) is 2.59. The normalized spacial score (nSPS) is 9.74. The van der Waals surface area contributed by atoms with Crippen molar-refractivity contribution in [2.75, 3.05) is 0 Å². The molecule has 0 unspecified atom stereocenters. The standard InChI is InChI=1S/C17H12N2.2C2H6/c1-2-6-12(7-3-1)16-17-14(10-11-18-16)13-8-4-5-9-15(13)19-17;2*1-2/h1-11,19H;2*1-2H3. The Balaban J connectivity index is 0.000000448. The van der Waals surface area contributed by atoms with Crippen molar-refractivity contribution in [2.24, 2.45) is 0 Å². The van der Waals surface area contributed by atoms with E-state index in [9.17, 15) is 0 Å². The molecule has 2 aromatic carbocycles. The molecule has 2 aromatic heterocycles. The van der Waals surface area contributed by atoms with Crippen LogP contribution in [0.2, 0.25) is 0 Å². The second-order valence-electron chi connectivity index (χ2n) is 4.62. The maximum absolute atomic E-state index is 4.54. The van der Waals surface area contributed by atoms with Crippen molar-refractivity contribution < 1.29 is 0 Å². The molecule has 0 radical (unpaired) electrons. The first-order valence-electron chi connectivity index (χ1n) is 8.34. The topological polar surface area (TPSA) is 28.7 Å². The van der Waals surface area contributed by atoms with Crippen LogP contribution in [0.4, 0.5) is 0 Å². The first-order valence-corrected chi connectivity index (χ1v) is 8.34. The molecule has 0 aliphatic carbocycles. The molecule has 0 bridgehead atoms. The average molecular weight is 304 g/mol. The minimum atomic E-state index is 1.01. The smallest absolute Gasteiger partial charge is 0.0943 e. The Bertz CT molecular complexity index is 861. The van der Waals surface area contributed by atoms with Crippen molar-refractivity contribution >= 4 is 21.8 Å². The summed E-state index contributed by atoms with van der Waals surface area (Å²) in [7, 11) is 0. The lowest BCUT2D eigenvalue weighted by Gasteiger charge is -2.01. The monoisotopic (exact) mass is 304 g/mol. The van der Waals surface area contributed by atoms with Crippen LogP contribution in [0.3, 0.4) is 0 Å². The summed E-state index contributed by atoms with van der Waals surface area (Å²) in [6.07, 6.45) is 1.88. The van der Waals surface area contributed by atoms with E-state index in [1.54, 1.807) is 0 Å². The molecule has 0 atom stereocenters. The number of hydrogen-bond donors (Lipinski definition) is 1. The summed E-state index contributed by atoms with van der Waals surface area (Å²) < 4.78 is 0. The minimum Gasteiger partial charge on any atom is -0.353 e. The molecule has 0 saturated heterocycles. The zero-order chi connectivity index (χ0) is 16.7. The highest BCUT2D eigenvalue weighted by Gasteiger charge is 2.09. The molecule has 0 aliphatic heterocycles. The van der Waals surface area contributed by atoms with Gasteiger partial charge >= 0.3 is 0 Å². The van der Waals surface area contributed by atoms with E-state index in [4.69, 9.17) is 0 Å². The van der Waals surface area contributed by atoms with E-state index in [0.29, 0.717) is 0 Å². The summed E-state index contributed by atoms with van der Waals surface area (Å²) in [4.78, 5) is 8.02. The van der Waals surface area contributed by atoms with Crippen LogP contribution in [0.5, 0.6) is 0 Å². The van der Waals surface area contributed by atoms with Gasteiger partial charge in [0.05, 0.1) is 11.2 Å². The third kappa shape index (κ3) is 3.26. The third-order valence-electron chi connectivity index (χ3n) is 3.48. The number of para-hydroxylation sites is 1. The summed E-state index contributed by atoms with van der Waals surface area (Å²) in [5.41, 5.74) is 4.41. The maximum atomic E-state index is 4.54. The number of nitrogens with zero attached hydrogens (tertiary/aromatic N) is 1. The molecule has 0 amide bonds. The zero-order valence-corrected chi connectivity index (χ0v) is 14.3. The summed E-state index contributed by atoms with van der Waals surface area (Å²) in [6.45, 7) is 8.00. The molecule has 0 aliphatic rings. The van der Waals surface area contributed by atoms with Gasteiger partial charge < -0.3 is 4.98 Å². The molecule has 118 valence electrons. The minimum absolute atomic E-state index is 1.01. The van der Waals surface area contributed by atoms with Gasteiger partial charge in [-0.1, -0.05) is 76.2 Å². The van der Waals surface area contributed by atoms with Crippen molar-refractivity contribution in [3.8, 4) is 11.3 Å². The Morgan fingerprint density at radius 2 is 1.35 bits per heavy atom. The van der Waals surface area contributed by atoms with E-state index in [1.807, 2.05) is 58.2 Å². The zero-order valence-electron chi connectivity index (χ0n) is 14.3. The number of aromatic amines is 1. The number of hydrogen-bond acceptors (Lipinski definition) is 1. The SMILES string of the molecule is CC.CC.c1ccc(-c2nccc3c2[nH]c2ccccc23)cc1. The fourth-order valence-electron chi connectivity index (χ4n) is 2.59. The Kier molecular flexibility index (Phi) is 5.93. The molecule has 0 fully saturated rings. The Labute approximate surface area is 138 Å². The Morgan fingerprint density at radius 1 is 0.696 bits per heavy atom. The highest BCUT2D eigenvalue weighted by molar-refractivity contribution is 6.10. The van der Waals surface area contributed by atoms with Gasteiger partial charge in [-0.15, -0.1) is 0 Å². The fraction of sp³-hybridized carbons (Fsp3) is 0.190. The average Bonchev–Trinajstić information content (AvgIpc) is 3.04. The molecule has 0 saturated carbocycles. The molecule has 4 rings (SSSR count). The van der Waals surface area contributed by atoms with Gasteiger partial charge in [0.1, 0.15) is 0 Å². The number of rotatable bonds is 1. The number of aromatic nitrogens is 2. The van der Waals surface area contributed by atoms with Crippen molar-refractivity contribution in [3.63, 3.8) is 0 Å². The van der Waals surface area contributed by atoms with Gasteiger partial charge in [-0.2, -0.15) is 0 Å². The van der Waals surface area contributed by atoms with Crippen LogP contribution in [0.25, 0.3) is 33.1 Å². The molecular weight excluding hydrogens is 280 g/mol. The lowest BCUT2D eigenvalue weighted by atomic mass is 10.1. The predicted octanol–water partition coefficient (Wildman–Crippen LogP) is 6.44. The van der Waals surface area contributed by atoms with Crippen LogP contribution < -0.4 is 0 Å². The Morgan fingerprint density at radius 3 is 2.09 bits per heavy atom. The van der Waals surface area contributed by atoms with E-state index in [-0.39, 0.29) is 0 Å². The molecule has 2 heteroatoms. The molecule has 4 aromatic rings. The van der Waals surface area contributed by atoms with Crippen LogP contribution in [0.1, 0.15) is 27.7 Å². The van der Waals surface area contributed by atoms with Crippen LogP contribution in [0.15, 0.2) is 66.9 Å². The molecular formula is C21H24N2. The summed E-state index contributed by atoms with van der Waals surface area (Å²) in [5, 5.41) is 2.47. The second kappa shape index (κ2) is 8.14. The van der Waals surface area contributed by atoms with Gasteiger partial charge in [0.15, 0.2) is 0 Å². The molecule has 23 heavy (non-hydrogen) atoms. The van der Waals surface area contributed by atoms with Gasteiger partial charge in [-0.05, 0) is 12.1 Å². The highest BCUT2D eigenvalue weighted by atomic mass is 14.8. The van der Waals surface area contributed by atoms with Crippen LogP contribution in [-0.2, 0) is 0 Å². The van der Waals surface area contributed by atoms with Crippen molar-refractivity contribution in [3.05, 3.63) is 66.9 Å². The van der Waals surface area contributed by atoms with Crippen LogP contribution in [-0.4, -0.2) is 9.97 Å². The van der Waals surface area contributed by atoms with Crippen molar-refractivity contribution in [1.82, 2.24) is 9.97 Å². The van der Waals surface area contributed by atoms with E-state index in [0.717, 1.165) is 22.3 Å². The van der Waals surface area contributed by atoms with Gasteiger partial charge in [-0.25, -0.2) is 0 Å². The predicted molar refractivity (Wildman–Crippen MR) is 102 cm³/mol. The van der Waals surface area contributed by atoms with Gasteiger partial charge in [0.25, 0.3) is 0 Å². The number of H-pyrrole nitrogens is 1. The highest BCUT2D eigenvalue weighted by Crippen LogP contribution is 2.31. The third-order valence-corrected chi connectivity index (χ3v) is 3.48. The first kappa shape index (κ1) is 16.8. The number of pyridine rings is 1. The summed E-state index contributed by atoms with van der Waals surface area (Å²) in [6, 6.07) is 20.7. The number of fused-ring (bicyclic) bond motifs is 3. The van der Waals surface area contributed by atoms with E-state index in [1.165, 1.54) is 10.8 Å². The van der Waals surface area contributed by atoms with Gasteiger partial charge in [0.2, 0.25) is 0 Å². The molecule has 0 spiro atoms. The number of benzene rings is 2.